The number of nitrogens with one attached hydrogen (secondary N) is 2. The van der Waals surface area contributed by atoms with E-state index in [0.29, 0.717) is 6.54 Å². The number of hydrogen-bond acceptors (Lipinski definition) is 5. The maximum atomic E-state index is 12.3. The molecule has 0 fully saturated rings. The average Bonchev–Trinajstić information content (AvgIpc) is 2.46. The summed E-state index contributed by atoms with van der Waals surface area (Å²) in [5.74, 6) is -1.21. The molecule has 1 unspecified atom stereocenters. The molecule has 0 heterocycles. The molecule has 0 saturated carbocycles. The predicted octanol–water partition coefficient (Wildman–Crippen LogP) is 0.276. The average molecular weight is 314 g/mol. The number of hydrogen-bond donors (Lipinski definition) is 2. The van der Waals surface area contributed by atoms with Gasteiger partial charge in [-0.2, -0.15) is 4.72 Å². The van der Waals surface area contributed by atoms with E-state index in [-0.39, 0.29) is 10.5 Å². The van der Waals surface area contributed by atoms with Crippen molar-refractivity contribution in [2.75, 3.05) is 13.7 Å². The second kappa shape index (κ2) is 7.19. The van der Waals surface area contributed by atoms with E-state index in [4.69, 9.17) is 0 Å². The SMILES string of the molecule is CCNC(=O)C(C)NS(=O)(=O)c1ccccc1C(=O)OC. The topological polar surface area (TPSA) is 102 Å². The Morgan fingerprint density at radius 3 is 2.48 bits per heavy atom. The molecule has 8 heteroatoms. The first-order valence-electron chi connectivity index (χ1n) is 6.30. The largest absolute Gasteiger partial charge is 0.465 e. The molecule has 0 aromatic heterocycles. The van der Waals surface area contributed by atoms with Crippen molar-refractivity contribution in [2.45, 2.75) is 24.8 Å². The lowest BCUT2D eigenvalue weighted by Crippen LogP contribution is -2.44. The van der Waals surface area contributed by atoms with Crippen LogP contribution in [0.15, 0.2) is 29.2 Å². The highest BCUT2D eigenvalue weighted by molar-refractivity contribution is 7.89. The van der Waals surface area contributed by atoms with Crippen LogP contribution in [0.5, 0.6) is 0 Å². The Kier molecular flexibility index (Phi) is 5.86. The number of rotatable bonds is 6. The summed E-state index contributed by atoms with van der Waals surface area (Å²) in [7, 11) is -2.86. The minimum absolute atomic E-state index is 0.0874. The first-order chi connectivity index (χ1) is 9.83. The smallest absolute Gasteiger partial charge is 0.339 e. The summed E-state index contributed by atoms with van der Waals surface area (Å²) in [6.07, 6.45) is 0. The molecule has 1 aromatic carbocycles. The zero-order chi connectivity index (χ0) is 16.0. The predicted molar refractivity (Wildman–Crippen MR) is 76.2 cm³/mol. The van der Waals surface area contributed by atoms with Crippen molar-refractivity contribution in [1.82, 2.24) is 10.0 Å². The van der Waals surface area contributed by atoms with Crippen molar-refractivity contribution in [3.8, 4) is 0 Å². The highest BCUT2D eigenvalue weighted by Crippen LogP contribution is 2.16. The lowest BCUT2D eigenvalue weighted by atomic mass is 10.2. The van der Waals surface area contributed by atoms with Gasteiger partial charge in [0.25, 0.3) is 0 Å². The van der Waals surface area contributed by atoms with Gasteiger partial charge in [-0.3, -0.25) is 4.79 Å². The molecular formula is C13H18N2O5S. The number of carbonyl (C=O) groups excluding carboxylic acids is 2. The van der Waals surface area contributed by atoms with Crippen LogP contribution in [0.1, 0.15) is 24.2 Å². The van der Waals surface area contributed by atoms with Gasteiger partial charge in [-0.1, -0.05) is 12.1 Å². The maximum absolute atomic E-state index is 12.3. The Bertz CT molecular complexity index is 627. The van der Waals surface area contributed by atoms with E-state index in [1.165, 1.54) is 31.2 Å². The van der Waals surface area contributed by atoms with E-state index >= 15 is 0 Å². The molecule has 21 heavy (non-hydrogen) atoms. The normalized spacial score (nSPS) is 12.5. The summed E-state index contributed by atoms with van der Waals surface area (Å²) in [6.45, 7) is 3.54. The molecule has 7 nitrogen and oxygen atoms in total. The van der Waals surface area contributed by atoms with Crippen molar-refractivity contribution in [1.29, 1.82) is 0 Å². The minimum atomic E-state index is -4.02. The van der Waals surface area contributed by atoms with Crippen molar-refractivity contribution >= 4 is 21.9 Å². The number of esters is 1. The number of sulfonamides is 1. The van der Waals surface area contributed by atoms with Crippen molar-refractivity contribution < 1.29 is 22.7 Å². The van der Waals surface area contributed by atoms with Crippen LogP contribution in [0.2, 0.25) is 0 Å². The molecular weight excluding hydrogens is 296 g/mol. The van der Waals surface area contributed by atoms with Gasteiger partial charge in [0.15, 0.2) is 0 Å². The summed E-state index contributed by atoms with van der Waals surface area (Å²) in [5, 5.41) is 2.51. The van der Waals surface area contributed by atoms with Crippen LogP contribution in [-0.4, -0.2) is 40.0 Å². The van der Waals surface area contributed by atoms with E-state index < -0.39 is 27.9 Å². The Labute approximate surface area is 123 Å². The van der Waals surface area contributed by atoms with E-state index in [1.807, 2.05) is 0 Å². The van der Waals surface area contributed by atoms with Gasteiger partial charge in [0.2, 0.25) is 15.9 Å². The van der Waals surface area contributed by atoms with Gasteiger partial charge in [-0.25, -0.2) is 13.2 Å². The molecule has 0 aliphatic rings. The third-order valence-corrected chi connectivity index (χ3v) is 4.26. The minimum Gasteiger partial charge on any atom is -0.465 e. The number of carbonyl (C=O) groups is 2. The van der Waals surface area contributed by atoms with Gasteiger partial charge >= 0.3 is 5.97 Å². The van der Waals surface area contributed by atoms with E-state index in [2.05, 4.69) is 14.8 Å². The van der Waals surface area contributed by atoms with Gasteiger partial charge in [-0.15, -0.1) is 0 Å². The van der Waals surface area contributed by atoms with Crippen molar-refractivity contribution in [2.24, 2.45) is 0 Å². The standard InChI is InChI=1S/C13H18N2O5S/c1-4-14-12(16)9(2)15-21(18,19)11-8-6-5-7-10(11)13(17)20-3/h5-9,15H,4H2,1-3H3,(H,14,16). The zero-order valence-electron chi connectivity index (χ0n) is 12.0. The van der Waals surface area contributed by atoms with Gasteiger partial charge in [0, 0.05) is 6.54 Å². The molecule has 1 rings (SSSR count). The second-order valence-corrected chi connectivity index (χ2v) is 5.91. The van der Waals surface area contributed by atoms with Crippen LogP contribution in [0.3, 0.4) is 0 Å². The van der Waals surface area contributed by atoms with Gasteiger partial charge < -0.3 is 10.1 Å². The maximum Gasteiger partial charge on any atom is 0.339 e. The monoisotopic (exact) mass is 314 g/mol. The van der Waals surface area contributed by atoms with Crippen LogP contribution in [0.25, 0.3) is 0 Å². The molecule has 0 spiro atoms. The molecule has 116 valence electrons. The van der Waals surface area contributed by atoms with Crippen LogP contribution < -0.4 is 10.0 Å². The molecule has 0 aliphatic carbocycles. The third-order valence-electron chi connectivity index (χ3n) is 2.66. The number of benzene rings is 1. The Balaban J connectivity index is 3.09. The number of ether oxygens (including phenoxy) is 1. The molecule has 1 atom stereocenters. The first kappa shape index (κ1) is 17.1. The summed E-state index contributed by atoms with van der Waals surface area (Å²) in [6, 6.07) is 4.67. The highest BCUT2D eigenvalue weighted by atomic mass is 32.2. The lowest BCUT2D eigenvalue weighted by Gasteiger charge is -2.15. The zero-order valence-corrected chi connectivity index (χ0v) is 12.9. The van der Waals surface area contributed by atoms with Gasteiger partial charge in [0.05, 0.1) is 23.6 Å². The summed E-state index contributed by atoms with van der Waals surface area (Å²) >= 11 is 0. The van der Waals surface area contributed by atoms with Crippen LogP contribution in [0, 0.1) is 0 Å². The molecule has 0 radical (unpaired) electrons. The van der Waals surface area contributed by atoms with Crippen molar-refractivity contribution in [3.63, 3.8) is 0 Å². The molecule has 0 saturated heterocycles. The molecule has 0 bridgehead atoms. The fourth-order valence-corrected chi connectivity index (χ4v) is 3.05. The fraction of sp³-hybridized carbons (Fsp3) is 0.385. The van der Waals surface area contributed by atoms with E-state index in [9.17, 15) is 18.0 Å². The van der Waals surface area contributed by atoms with E-state index in [1.54, 1.807) is 6.92 Å². The van der Waals surface area contributed by atoms with Crippen LogP contribution in [-0.2, 0) is 19.6 Å². The second-order valence-electron chi connectivity index (χ2n) is 4.23. The fourth-order valence-electron chi connectivity index (χ4n) is 1.66. The third kappa shape index (κ3) is 4.27. The number of amides is 1. The summed E-state index contributed by atoms with van der Waals surface area (Å²) in [4.78, 5) is 23.0. The van der Waals surface area contributed by atoms with Crippen molar-refractivity contribution in [3.05, 3.63) is 29.8 Å². The van der Waals surface area contributed by atoms with Gasteiger partial charge in [-0.05, 0) is 26.0 Å². The highest BCUT2D eigenvalue weighted by Gasteiger charge is 2.26. The Morgan fingerprint density at radius 2 is 1.90 bits per heavy atom. The molecule has 1 amide bonds. The molecule has 0 aliphatic heterocycles. The van der Waals surface area contributed by atoms with E-state index in [0.717, 1.165) is 7.11 Å². The number of likely N-dealkylation sites (N-methyl/N-ethyl adjacent to an activating group) is 1. The lowest BCUT2D eigenvalue weighted by molar-refractivity contribution is -0.122. The summed E-state index contributed by atoms with van der Waals surface area (Å²) in [5.41, 5.74) is -0.0874. The summed E-state index contributed by atoms with van der Waals surface area (Å²) < 4.78 is 31.4. The Morgan fingerprint density at radius 1 is 1.29 bits per heavy atom. The van der Waals surface area contributed by atoms with Crippen LogP contribution >= 0.6 is 0 Å². The molecule has 2 N–H and O–H groups in total. The quantitative estimate of drug-likeness (QED) is 0.734. The van der Waals surface area contributed by atoms with Gasteiger partial charge in [0.1, 0.15) is 0 Å². The Hall–Kier alpha value is -1.93. The van der Waals surface area contributed by atoms with Crippen LogP contribution in [0.4, 0.5) is 0 Å². The number of methoxy groups -OCH3 is 1. The first-order valence-corrected chi connectivity index (χ1v) is 7.79. The molecule has 1 aromatic rings.